The third kappa shape index (κ3) is 17.4. The van der Waals surface area contributed by atoms with Crippen molar-refractivity contribution in [3.8, 4) is 0 Å². The number of carboxylic acid groups (broad SMARTS) is 2. The molecule has 5 atom stereocenters. The van der Waals surface area contributed by atoms with E-state index < -0.39 is 76.2 Å². The zero-order valence-corrected chi connectivity index (χ0v) is 46.4. The Kier molecular flexibility index (Phi) is 22.7. The Hall–Kier alpha value is -5.82. The Balaban J connectivity index is 0.000000733. The van der Waals surface area contributed by atoms with E-state index in [9.17, 15) is 35.9 Å². The van der Waals surface area contributed by atoms with Gasteiger partial charge in [0.1, 0.15) is 24.6 Å². The van der Waals surface area contributed by atoms with Crippen LogP contribution in [0.4, 0.5) is 26.3 Å². The van der Waals surface area contributed by atoms with E-state index in [2.05, 4.69) is 128 Å². The molecule has 1 fully saturated rings. The zero-order valence-electron chi connectivity index (χ0n) is 42.9. The fourth-order valence-corrected chi connectivity index (χ4v) is 16.4. The molecule has 0 saturated carbocycles. The van der Waals surface area contributed by atoms with Gasteiger partial charge in [-0.1, -0.05) is 154 Å². The maximum atomic E-state index is 14.5. The number of hydrogen-bond donors (Lipinski definition) is 0. The molecule has 76 heavy (non-hydrogen) atoms. The number of aryl methyl sites for hydroxylation is 8. The van der Waals surface area contributed by atoms with Crippen molar-refractivity contribution in [3.05, 3.63) is 189 Å². The van der Waals surface area contributed by atoms with Gasteiger partial charge in [0.15, 0.2) is 12.4 Å². The predicted molar refractivity (Wildman–Crippen MR) is 274 cm³/mol. The van der Waals surface area contributed by atoms with Gasteiger partial charge in [-0.2, -0.15) is 26.3 Å². The molecule has 0 spiro atoms. The van der Waals surface area contributed by atoms with E-state index >= 15 is 0 Å². The number of rotatable bonds is 12. The molecule has 0 aromatic heterocycles. The number of carbonyl (C=O) groups excluding carboxylic acids is 4. The second kappa shape index (κ2) is 27.5. The molecule has 1 saturated heterocycles. The number of halogens is 6. The number of esters is 2. The van der Waals surface area contributed by atoms with E-state index in [1.807, 2.05) is 36.4 Å². The molecular formula is C57H56F6O10P2Ru. The standard InChI is InChI=1S/C53H56O6P2.2C2HF3O2.Ru/c1-33-20-34(2)25-43(24-33)60(44-26-35(3)21-36(4)27-44)49-47(32-57-51(54)41-16-12-10-13-17-41)58-53(56-9)48(59-52(55)42-18-14-11-15-19-42)50(49)61(45-28-37(5)22-38(6)29-45)46-30-39(7)23-40(8)31-46;2*3-2(4,5)1(6)7;/h10-31,47-50,53H,32H2,1-9H3;2*(H,6,7);/q;;;+2/p-2/t47-,48-,49-,50-,53+;;;/m1.../s1. The molecule has 0 amide bonds. The zero-order chi connectivity index (χ0) is 55.5. The van der Waals surface area contributed by atoms with Gasteiger partial charge in [0.05, 0.1) is 11.1 Å². The molecule has 10 nitrogen and oxygen atoms in total. The van der Waals surface area contributed by atoms with Gasteiger partial charge in [-0.3, -0.25) is 0 Å². The molecule has 404 valence electrons. The van der Waals surface area contributed by atoms with Gasteiger partial charge >= 0.3 is 43.8 Å². The Bertz CT molecular complexity index is 2750. The third-order valence-corrected chi connectivity index (χ3v) is 17.5. The van der Waals surface area contributed by atoms with Crippen LogP contribution in [0.15, 0.2) is 133 Å². The van der Waals surface area contributed by atoms with Crippen LogP contribution in [0.2, 0.25) is 0 Å². The number of carbonyl (C=O) groups is 4. The van der Waals surface area contributed by atoms with E-state index in [1.165, 1.54) is 21.2 Å². The summed E-state index contributed by atoms with van der Waals surface area (Å²) in [4.78, 5) is 45.9. The molecule has 0 bridgehead atoms. The summed E-state index contributed by atoms with van der Waals surface area (Å²) in [5.41, 5.74) is 9.37. The molecule has 0 N–H and O–H groups in total. The van der Waals surface area contributed by atoms with Gasteiger partial charge < -0.3 is 38.7 Å². The van der Waals surface area contributed by atoms with Gasteiger partial charge in [0.2, 0.25) is 0 Å². The maximum absolute atomic E-state index is 14.5. The van der Waals surface area contributed by atoms with Crippen LogP contribution in [-0.2, 0) is 48.0 Å². The SMILES string of the molecule is CO[C@H]1O[C@H](COC(=O)c2ccccc2)[C@@H](P(c2cc(C)cc(C)c2)c2cc(C)cc(C)c2)[C@H](P(c2cc(C)cc(C)c2)c2cc(C)cc(C)c2)[C@H]1OC(=O)c1ccccc1.O=C([O-])C(F)(F)F.O=C([O-])C(F)(F)F.[Ru+2]. The molecule has 1 aliphatic rings. The van der Waals surface area contributed by atoms with E-state index in [1.54, 1.807) is 31.4 Å². The van der Waals surface area contributed by atoms with Gasteiger partial charge in [-0.25, -0.2) is 9.59 Å². The van der Waals surface area contributed by atoms with Crippen LogP contribution >= 0.6 is 15.8 Å². The summed E-state index contributed by atoms with van der Waals surface area (Å²) in [5.74, 6) is -6.90. The smallest absolute Gasteiger partial charge is 0.542 e. The summed E-state index contributed by atoms with van der Waals surface area (Å²) in [7, 11) is -1.06. The van der Waals surface area contributed by atoms with Crippen molar-refractivity contribution in [2.24, 2.45) is 0 Å². The van der Waals surface area contributed by atoms with Crippen LogP contribution in [0.1, 0.15) is 65.2 Å². The van der Waals surface area contributed by atoms with Gasteiger partial charge in [0, 0.05) is 18.4 Å². The average Bonchev–Trinajstić information content (AvgIpc) is 3.31. The molecule has 0 unspecified atom stereocenters. The summed E-state index contributed by atoms with van der Waals surface area (Å²) < 4.78 is 89.7. The summed E-state index contributed by atoms with van der Waals surface area (Å²) in [6.07, 6.45) is -12.9. The molecule has 6 aromatic rings. The molecule has 1 heterocycles. The number of ether oxygens (including phenoxy) is 4. The van der Waals surface area contributed by atoms with Crippen molar-refractivity contribution in [1.82, 2.24) is 0 Å². The molecular weight excluding hydrogens is 1120 g/mol. The minimum absolute atomic E-state index is 0. The fraction of sp³-hybridized carbons (Fsp3) is 0.298. The van der Waals surface area contributed by atoms with E-state index in [4.69, 9.17) is 38.7 Å². The van der Waals surface area contributed by atoms with Crippen molar-refractivity contribution in [2.45, 2.75) is 97.6 Å². The molecule has 0 radical (unpaired) electrons. The summed E-state index contributed by atoms with van der Waals surface area (Å²) >= 11 is 0. The van der Waals surface area contributed by atoms with E-state index in [-0.39, 0.29) is 31.7 Å². The topological polar surface area (TPSA) is 151 Å². The second-order valence-corrected chi connectivity index (χ2v) is 22.9. The summed E-state index contributed by atoms with van der Waals surface area (Å²) in [6, 6.07) is 45.4. The number of aliphatic carboxylic acids is 2. The van der Waals surface area contributed by atoms with Crippen LogP contribution < -0.4 is 31.4 Å². The summed E-state index contributed by atoms with van der Waals surface area (Å²) in [5, 5.41) is 22.3. The minimum Gasteiger partial charge on any atom is -0.542 e. The van der Waals surface area contributed by atoms with Gasteiger partial charge in [0.25, 0.3) is 0 Å². The number of carboxylic acids is 2. The van der Waals surface area contributed by atoms with E-state index in [0.29, 0.717) is 11.1 Å². The van der Waals surface area contributed by atoms with Gasteiger partial charge in [-0.15, -0.1) is 0 Å². The number of alkyl halides is 6. The van der Waals surface area contributed by atoms with Crippen LogP contribution in [0.5, 0.6) is 0 Å². The summed E-state index contributed by atoms with van der Waals surface area (Å²) in [6.45, 7) is 17.1. The van der Waals surface area contributed by atoms with Crippen molar-refractivity contribution in [3.63, 3.8) is 0 Å². The maximum Gasteiger partial charge on any atom is 2.00 e. The number of benzene rings is 6. The second-order valence-electron chi connectivity index (χ2n) is 18.2. The first-order chi connectivity index (χ1) is 35.2. The van der Waals surface area contributed by atoms with Crippen molar-refractivity contribution >= 4 is 60.9 Å². The van der Waals surface area contributed by atoms with Crippen molar-refractivity contribution in [1.29, 1.82) is 0 Å². The Morgan fingerprint density at radius 1 is 0.500 bits per heavy atom. The number of methoxy groups -OCH3 is 1. The Morgan fingerprint density at radius 3 is 1.08 bits per heavy atom. The van der Waals surface area contributed by atoms with Crippen molar-refractivity contribution in [2.75, 3.05) is 13.7 Å². The normalized spacial score (nSPS) is 17.2. The minimum atomic E-state index is -5.19. The van der Waals surface area contributed by atoms with Crippen LogP contribution in [0.3, 0.4) is 0 Å². The molecule has 1 aliphatic heterocycles. The van der Waals surface area contributed by atoms with Crippen molar-refractivity contribution < 1.29 is 94.2 Å². The molecule has 0 aliphatic carbocycles. The van der Waals surface area contributed by atoms with Crippen LogP contribution in [0.25, 0.3) is 0 Å². The monoisotopic (exact) mass is 1180 g/mol. The first-order valence-corrected chi connectivity index (χ1v) is 26.1. The van der Waals surface area contributed by atoms with E-state index in [0.717, 1.165) is 44.5 Å². The largest absolute Gasteiger partial charge is 2.00 e. The number of hydrogen-bond acceptors (Lipinski definition) is 10. The van der Waals surface area contributed by atoms with Crippen LogP contribution in [0, 0.1) is 55.4 Å². The molecule has 6 aromatic carbocycles. The first kappa shape index (κ1) is 62.7. The molecule has 7 rings (SSSR count). The Morgan fingerprint density at radius 2 is 0.789 bits per heavy atom. The quantitative estimate of drug-likeness (QED) is 0.0505. The predicted octanol–water partition coefficient (Wildman–Crippen LogP) is 8.51. The van der Waals surface area contributed by atoms with Gasteiger partial charge in [-0.05, 0) is 117 Å². The average molecular weight is 1180 g/mol. The molecule has 19 heteroatoms. The third-order valence-electron chi connectivity index (χ3n) is 11.5. The first-order valence-electron chi connectivity index (χ1n) is 23.3. The fourth-order valence-electron chi connectivity index (χ4n) is 8.90. The Labute approximate surface area is 453 Å². The van der Waals surface area contributed by atoms with Crippen LogP contribution in [-0.4, -0.2) is 79.8 Å².